The van der Waals surface area contributed by atoms with Gasteiger partial charge in [-0.1, -0.05) is 88.9 Å². The number of hydrogen-bond donors (Lipinski definition) is 2. The van der Waals surface area contributed by atoms with Crippen LogP contribution in [0.4, 0.5) is 11.5 Å². The van der Waals surface area contributed by atoms with Gasteiger partial charge in [0.25, 0.3) is 10.0 Å². The average molecular weight is 610 g/mol. The van der Waals surface area contributed by atoms with Crippen molar-refractivity contribution >= 4 is 37.1 Å². The summed E-state index contributed by atoms with van der Waals surface area (Å²) in [5, 5.41) is 0. The van der Waals surface area contributed by atoms with Crippen LogP contribution in [0.15, 0.2) is 109 Å². The minimum absolute atomic E-state index is 0. The van der Waals surface area contributed by atoms with Crippen molar-refractivity contribution in [3.8, 4) is 0 Å². The van der Waals surface area contributed by atoms with Gasteiger partial charge in [0.2, 0.25) is 10.0 Å². The Morgan fingerprint density at radius 3 is 1.79 bits per heavy atom. The highest BCUT2D eigenvalue weighted by Gasteiger charge is 2.15. The van der Waals surface area contributed by atoms with Crippen molar-refractivity contribution in [1.82, 2.24) is 4.98 Å². The molecule has 42 heavy (non-hydrogen) atoms. The number of hydrogen-bond acceptors (Lipinski definition) is 5. The molecule has 0 aliphatic rings. The third kappa shape index (κ3) is 9.85. The zero-order valence-corrected chi connectivity index (χ0v) is 26.3. The molecule has 0 aliphatic heterocycles. The van der Waals surface area contributed by atoms with E-state index in [1.807, 2.05) is 49.4 Å². The predicted molar refractivity (Wildman–Crippen MR) is 178 cm³/mol. The molecule has 0 atom stereocenters. The second kappa shape index (κ2) is 14.3. The van der Waals surface area contributed by atoms with Gasteiger partial charge in [-0.25, -0.2) is 21.8 Å². The number of allylic oxidation sites excluding steroid dienone is 1. The highest BCUT2D eigenvalue weighted by molar-refractivity contribution is 7.92. The van der Waals surface area contributed by atoms with E-state index in [1.165, 1.54) is 5.56 Å². The minimum atomic E-state index is -3.62. The van der Waals surface area contributed by atoms with E-state index in [-0.39, 0.29) is 19.3 Å². The lowest BCUT2D eigenvalue weighted by Gasteiger charge is -2.10. The third-order valence-electron chi connectivity index (χ3n) is 6.40. The summed E-state index contributed by atoms with van der Waals surface area (Å²) in [6, 6.07) is 27.0. The Kier molecular flexibility index (Phi) is 11.1. The lowest BCUT2D eigenvalue weighted by molar-refractivity contribution is 0.599. The molecule has 0 bridgehead atoms. The van der Waals surface area contributed by atoms with Crippen molar-refractivity contribution in [2.24, 2.45) is 0 Å². The average Bonchev–Trinajstić information content (AvgIpc) is 2.94. The zero-order valence-electron chi connectivity index (χ0n) is 24.7. The summed E-state index contributed by atoms with van der Waals surface area (Å²) in [5.74, 6) is 1.07. The summed E-state index contributed by atoms with van der Waals surface area (Å²) in [4.78, 5) is 4.33. The van der Waals surface area contributed by atoms with Crippen LogP contribution in [0.1, 0.15) is 71.6 Å². The van der Waals surface area contributed by atoms with Crippen molar-refractivity contribution in [1.29, 1.82) is 0 Å². The smallest absolute Gasteiger partial charge is 0.263 e. The molecule has 0 spiro atoms. The van der Waals surface area contributed by atoms with Crippen molar-refractivity contribution in [2.75, 3.05) is 9.44 Å². The molecular weight excluding hydrogens is 567 g/mol. The Hall–Kier alpha value is -3.95. The van der Waals surface area contributed by atoms with E-state index < -0.39 is 20.0 Å². The third-order valence-corrected chi connectivity index (χ3v) is 9.03. The normalized spacial score (nSPS) is 11.5. The Morgan fingerprint density at radius 2 is 1.31 bits per heavy atom. The first-order valence-corrected chi connectivity index (χ1v) is 16.8. The molecular formula is C33H43N3O4S2. The maximum Gasteiger partial charge on any atom is 0.263 e. The summed E-state index contributed by atoms with van der Waals surface area (Å²) in [7, 11) is -6.99. The van der Waals surface area contributed by atoms with Gasteiger partial charge in [0.05, 0.1) is 10.6 Å². The molecule has 7 nitrogen and oxygen atoms in total. The van der Waals surface area contributed by atoms with E-state index in [2.05, 4.69) is 48.7 Å². The molecule has 4 aromatic rings. The van der Waals surface area contributed by atoms with Crippen LogP contribution in [0.25, 0.3) is 5.57 Å². The van der Waals surface area contributed by atoms with E-state index >= 15 is 0 Å². The molecule has 0 amide bonds. The maximum absolute atomic E-state index is 12.3. The molecule has 2 N–H and O–H groups in total. The first-order chi connectivity index (χ1) is 19.8. The molecule has 1 heterocycles. The lowest BCUT2D eigenvalue weighted by atomic mass is 10.0. The highest BCUT2D eigenvalue weighted by Crippen LogP contribution is 2.21. The molecule has 0 saturated carbocycles. The quantitative estimate of drug-likeness (QED) is 0.188. The van der Waals surface area contributed by atoms with Gasteiger partial charge in [-0.15, -0.1) is 0 Å². The first-order valence-electron chi connectivity index (χ1n) is 13.6. The number of rotatable bonds is 10. The molecule has 0 radical (unpaired) electrons. The summed E-state index contributed by atoms with van der Waals surface area (Å²) in [6.45, 7) is 14.0. The number of nitrogens with one attached hydrogen (secondary N) is 2. The fraction of sp³-hybridized carbons (Fsp3) is 0.242. The Bertz CT molecular complexity index is 1680. The molecule has 0 saturated heterocycles. The van der Waals surface area contributed by atoms with Crippen molar-refractivity contribution < 1.29 is 19.7 Å². The van der Waals surface area contributed by atoms with E-state index in [0.717, 1.165) is 22.3 Å². The van der Waals surface area contributed by atoms with Gasteiger partial charge in [0, 0.05) is 14.7 Å². The van der Waals surface area contributed by atoms with Gasteiger partial charge in [0.1, 0.15) is 5.82 Å². The Morgan fingerprint density at radius 1 is 0.762 bits per heavy atom. The fourth-order valence-corrected chi connectivity index (χ4v) is 6.09. The molecule has 4 rings (SSSR count). The predicted octanol–water partition coefficient (Wildman–Crippen LogP) is 8.28. The van der Waals surface area contributed by atoms with Crippen LogP contribution in [0.3, 0.4) is 0 Å². The van der Waals surface area contributed by atoms with Crippen LogP contribution in [-0.2, 0) is 25.8 Å². The summed E-state index contributed by atoms with van der Waals surface area (Å²) in [6.07, 6.45) is 1.60. The lowest BCUT2D eigenvalue weighted by Crippen LogP contribution is -2.15. The molecule has 1 aromatic heterocycles. The highest BCUT2D eigenvalue weighted by atomic mass is 32.2. The minimum Gasteiger partial charge on any atom is -0.283 e. The maximum atomic E-state index is 12.3. The van der Waals surface area contributed by atoms with E-state index in [9.17, 15) is 16.8 Å². The number of sulfonamides is 2. The van der Waals surface area contributed by atoms with Gasteiger partial charge in [-0.3, -0.25) is 9.44 Å². The molecule has 0 aliphatic carbocycles. The van der Waals surface area contributed by atoms with Gasteiger partial charge in [0.15, 0.2) is 0 Å². The van der Waals surface area contributed by atoms with Gasteiger partial charge >= 0.3 is 0 Å². The second-order valence-corrected chi connectivity index (χ2v) is 14.1. The fourth-order valence-electron chi connectivity index (χ4n) is 3.88. The van der Waals surface area contributed by atoms with Crippen molar-refractivity contribution in [3.63, 3.8) is 0 Å². The zero-order chi connectivity index (χ0) is 30.9. The Labute approximate surface area is 253 Å². The topological polar surface area (TPSA) is 105 Å². The summed E-state index contributed by atoms with van der Waals surface area (Å²) < 4.78 is 53.9. The van der Waals surface area contributed by atoms with E-state index in [4.69, 9.17) is 0 Å². The van der Waals surface area contributed by atoms with Gasteiger partial charge < -0.3 is 0 Å². The number of benzene rings is 3. The van der Waals surface area contributed by atoms with Crippen LogP contribution < -0.4 is 9.44 Å². The van der Waals surface area contributed by atoms with Crippen LogP contribution in [0.2, 0.25) is 0 Å². The standard InChI is InChI=1S/C17H20N2O2S.C16H19NO2S.2H2/c1-12(2)14-5-8-16(9-6-14)22(20,21)19-17-10-7-15(11-18-17)13(3)4;1-13(2)15-8-10-16(11-9-15)17-20(18,19)12-14-6-4-3-5-7-14;;/h5-12H,3H2,1-2,4H3,(H,18,19);3-11,13,17H,12H2,1-2H3;2*1H. The van der Waals surface area contributed by atoms with E-state index in [1.54, 1.807) is 54.7 Å². The molecule has 3 aromatic carbocycles. The summed E-state index contributed by atoms with van der Waals surface area (Å²) >= 11 is 0. The Balaban J connectivity index is 0.000000422. The van der Waals surface area contributed by atoms with Crippen molar-refractivity contribution in [3.05, 3.63) is 126 Å². The van der Waals surface area contributed by atoms with Crippen LogP contribution in [0.5, 0.6) is 0 Å². The summed E-state index contributed by atoms with van der Waals surface area (Å²) in [5.41, 5.74) is 5.43. The molecule has 0 unspecified atom stereocenters. The number of anilines is 2. The first kappa shape index (κ1) is 32.6. The van der Waals surface area contributed by atoms with Crippen molar-refractivity contribution in [2.45, 2.75) is 57.1 Å². The SMILES string of the molecule is C=C(C)c1ccc(NS(=O)(=O)c2ccc(C(C)C)cc2)nc1.CC(C)c1ccc(NS(=O)(=O)Cc2ccccc2)cc1.[HH].[HH]. The molecule has 9 heteroatoms. The monoisotopic (exact) mass is 609 g/mol. The number of pyridine rings is 1. The van der Waals surface area contributed by atoms with Crippen LogP contribution >= 0.6 is 0 Å². The van der Waals surface area contributed by atoms with Gasteiger partial charge in [-0.2, -0.15) is 0 Å². The van der Waals surface area contributed by atoms with Crippen LogP contribution in [-0.4, -0.2) is 21.8 Å². The molecule has 226 valence electrons. The van der Waals surface area contributed by atoms with E-state index in [0.29, 0.717) is 17.5 Å². The molecule has 0 fully saturated rings. The second-order valence-electron chi connectivity index (χ2n) is 10.7. The number of aromatic nitrogens is 1. The number of nitrogens with zero attached hydrogens (tertiary/aromatic N) is 1. The van der Waals surface area contributed by atoms with Gasteiger partial charge in [-0.05, 0) is 83.0 Å². The largest absolute Gasteiger partial charge is 0.283 e. The van der Waals surface area contributed by atoms with Crippen LogP contribution in [0, 0.1) is 0 Å².